The number of fused-ring (bicyclic) bond motifs is 4. The molecule has 1 aliphatic carbocycles. The number of thioether (sulfide) groups is 1. The Labute approximate surface area is 175 Å². The largest absolute Gasteiger partial charge is 0.467 e. The fourth-order valence-corrected chi connectivity index (χ4v) is 6.45. The minimum Gasteiger partial charge on any atom is -0.467 e. The van der Waals surface area contributed by atoms with Crippen molar-refractivity contribution < 1.29 is 13.9 Å². The molecule has 0 atom stereocenters. The first kappa shape index (κ1) is 19.1. The molecule has 0 N–H and O–H groups in total. The van der Waals surface area contributed by atoms with E-state index in [4.69, 9.17) is 14.5 Å². The van der Waals surface area contributed by atoms with Gasteiger partial charge in [0.25, 0.3) is 5.56 Å². The highest BCUT2D eigenvalue weighted by molar-refractivity contribution is 7.98. The van der Waals surface area contributed by atoms with Crippen LogP contribution in [0.1, 0.15) is 41.3 Å². The molecule has 29 heavy (non-hydrogen) atoms. The number of hydrogen-bond acceptors (Lipinski definition) is 6. The van der Waals surface area contributed by atoms with Crippen molar-refractivity contribution >= 4 is 33.3 Å². The van der Waals surface area contributed by atoms with Crippen molar-refractivity contribution in [3.05, 3.63) is 49.9 Å². The molecule has 0 saturated carbocycles. The Bertz CT molecular complexity index is 1160. The van der Waals surface area contributed by atoms with Crippen molar-refractivity contribution in [1.82, 2.24) is 9.55 Å². The summed E-state index contributed by atoms with van der Waals surface area (Å²) in [5, 5.41) is 1.48. The predicted octanol–water partition coefficient (Wildman–Crippen LogP) is 4.65. The van der Waals surface area contributed by atoms with E-state index in [1.807, 2.05) is 6.92 Å². The van der Waals surface area contributed by atoms with Gasteiger partial charge in [0.05, 0.1) is 12.0 Å². The molecule has 1 aliphatic heterocycles. The van der Waals surface area contributed by atoms with Gasteiger partial charge >= 0.3 is 0 Å². The first-order chi connectivity index (χ1) is 14.2. The van der Waals surface area contributed by atoms with Gasteiger partial charge in [0, 0.05) is 28.3 Å². The Hall–Kier alpha value is -1.90. The van der Waals surface area contributed by atoms with Crippen molar-refractivity contribution in [2.45, 2.75) is 56.7 Å². The van der Waals surface area contributed by atoms with Crippen molar-refractivity contribution in [1.29, 1.82) is 0 Å². The summed E-state index contributed by atoms with van der Waals surface area (Å²) in [7, 11) is 0. The van der Waals surface area contributed by atoms with Crippen LogP contribution in [0.5, 0.6) is 5.75 Å². The molecule has 0 saturated heterocycles. The summed E-state index contributed by atoms with van der Waals surface area (Å²) in [6.45, 7) is 3.03. The van der Waals surface area contributed by atoms with Crippen LogP contribution in [0.25, 0.3) is 10.2 Å². The van der Waals surface area contributed by atoms with E-state index >= 15 is 0 Å². The zero-order chi connectivity index (χ0) is 20.0. The molecule has 0 spiro atoms. The summed E-state index contributed by atoms with van der Waals surface area (Å²) in [6.07, 6.45) is 4.32. The summed E-state index contributed by atoms with van der Waals surface area (Å²) in [6, 6.07) is 2.94. The number of nitrogens with zero attached hydrogens (tertiary/aromatic N) is 2. The molecule has 0 bridgehead atoms. The monoisotopic (exact) mass is 432 g/mol. The maximum atomic E-state index is 14.0. The van der Waals surface area contributed by atoms with Crippen molar-refractivity contribution in [3.63, 3.8) is 0 Å². The van der Waals surface area contributed by atoms with Gasteiger partial charge in [0.15, 0.2) is 11.9 Å². The van der Waals surface area contributed by atoms with Gasteiger partial charge in [-0.3, -0.25) is 9.36 Å². The van der Waals surface area contributed by atoms with Crippen LogP contribution in [-0.4, -0.2) is 16.3 Å². The van der Waals surface area contributed by atoms with Gasteiger partial charge in [-0.05, 0) is 50.3 Å². The number of halogens is 1. The molecule has 2 aromatic heterocycles. The third-order valence-electron chi connectivity index (χ3n) is 5.46. The van der Waals surface area contributed by atoms with Gasteiger partial charge in [-0.25, -0.2) is 9.37 Å². The molecule has 3 heterocycles. The molecule has 0 radical (unpaired) electrons. The Kier molecular flexibility index (Phi) is 5.09. The third-order valence-corrected chi connectivity index (χ3v) is 7.68. The van der Waals surface area contributed by atoms with Crippen LogP contribution in [0.15, 0.2) is 22.1 Å². The maximum absolute atomic E-state index is 14.0. The molecule has 3 aromatic rings. The van der Waals surface area contributed by atoms with Crippen LogP contribution >= 0.6 is 23.1 Å². The van der Waals surface area contributed by atoms with E-state index in [0.29, 0.717) is 35.4 Å². The van der Waals surface area contributed by atoms with E-state index in [1.54, 1.807) is 15.9 Å². The average molecular weight is 433 g/mol. The second-order valence-corrected chi connectivity index (χ2v) is 9.31. The molecule has 5 rings (SSSR count). The normalized spacial score (nSPS) is 15.8. The average Bonchev–Trinajstić information content (AvgIpc) is 3.10. The SMILES string of the molecule is CCn1c(SCc2cc(F)cc3c2OCOC3)nc2sc3c(c2c1=O)CCCC3. The van der Waals surface area contributed by atoms with Crippen molar-refractivity contribution in [2.75, 3.05) is 6.79 Å². The fraction of sp³-hybridized carbons (Fsp3) is 0.429. The standard InChI is InChI=1S/C21H21FN2O3S2/c1-2-24-20(25)17-15-5-3-4-6-16(15)29-19(17)23-21(24)28-10-13-8-14(22)7-12-9-26-11-27-18(12)13/h7-8H,2-6,9-11H2,1H3. The minimum absolute atomic E-state index is 0.0466. The lowest BCUT2D eigenvalue weighted by Gasteiger charge is -2.21. The lowest BCUT2D eigenvalue weighted by Crippen LogP contribution is -2.23. The van der Waals surface area contributed by atoms with Crippen molar-refractivity contribution in [2.24, 2.45) is 0 Å². The van der Waals surface area contributed by atoms with E-state index in [-0.39, 0.29) is 18.2 Å². The van der Waals surface area contributed by atoms with Gasteiger partial charge < -0.3 is 9.47 Å². The molecule has 152 valence electrons. The highest BCUT2D eigenvalue weighted by Crippen LogP contribution is 2.36. The van der Waals surface area contributed by atoms with Crippen LogP contribution in [0.4, 0.5) is 4.39 Å². The second kappa shape index (κ2) is 7.74. The quantitative estimate of drug-likeness (QED) is 0.444. The van der Waals surface area contributed by atoms with Crippen LogP contribution < -0.4 is 10.3 Å². The molecule has 1 aromatic carbocycles. The Balaban J connectivity index is 1.53. The second-order valence-electron chi connectivity index (χ2n) is 7.29. The summed E-state index contributed by atoms with van der Waals surface area (Å²) >= 11 is 3.11. The zero-order valence-electron chi connectivity index (χ0n) is 16.1. The van der Waals surface area contributed by atoms with E-state index in [2.05, 4.69) is 0 Å². The molecule has 2 aliphatic rings. The van der Waals surface area contributed by atoms with Gasteiger partial charge in [0.1, 0.15) is 16.4 Å². The summed E-state index contributed by atoms with van der Waals surface area (Å²) < 4.78 is 26.7. The Morgan fingerprint density at radius 1 is 1.31 bits per heavy atom. The highest BCUT2D eigenvalue weighted by Gasteiger charge is 2.23. The van der Waals surface area contributed by atoms with E-state index < -0.39 is 0 Å². The number of aryl methyl sites for hydroxylation is 2. The number of benzene rings is 1. The molecular weight excluding hydrogens is 411 g/mol. The van der Waals surface area contributed by atoms with Crippen LogP contribution in [-0.2, 0) is 36.5 Å². The third kappa shape index (κ3) is 3.37. The first-order valence-electron chi connectivity index (χ1n) is 9.85. The molecule has 0 amide bonds. The molecule has 0 fully saturated rings. The summed E-state index contributed by atoms with van der Waals surface area (Å²) in [5.41, 5.74) is 2.73. The van der Waals surface area contributed by atoms with Gasteiger partial charge in [-0.1, -0.05) is 11.8 Å². The fourth-order valence-electron chi connectivity index (χ4n) is 4.12. The number of ether oxygens (including phenoxy) is 2. The van der Waals surface area contributed by atoms with Crippen LogP contribution in [0.2, 0.25) is 0 Å². The molecule has 8 heteroatoms. The Morgan fingerprint density at radius 2 is 2.17 bits per heavy atom. The van der Waals surface area contributed by atoms with E-state index in [1.165, 1.54) is 40.8 Å². The van der Waals surface area contributed by atoms with E-state index in [0.717, 1.165) is 35.0 Å². The predicted molar refractivity (Wildman–Crippen MR) is 112 cm³/mol. The molecule has 5 nitrogen and oxygen atoms in total. The molecular formula is C21H21FN2O3S2. The lowest BCUT2D eigenvalue weighted by atomic mass is 9.97. The van der Waals surface area contributed by atoms with Gasteiger partial charge in [0.2, 0.25) is 0 Å². The first-order valence-corrected chi connectivity index (χ1v) is 11.7. The molecule has 0 unspecified atom stereocenters. The van der Waals surface area contributed by atoms with Crippen LogP contribution in [0.3, 0.4) is 0 Å². The maximum Gasteiger partial charge on any atom is 0.263 e. The van der Waals surface area contributed by atoms with Crippen LogP contribution in [0, 0.1) is 5.82 Å². The highest BCUT2D eigenvalue weighted by atomic mass is 32.2. The number of thiophene rings is 1. The lowest BCUT2D eigenvalue weighted by molar-refractivity contribution is -0.0171. The zero-order valence-corrected chi connectivity index (χ0v) is 17.8. The number of rotatable bonds is 4. The Morgan fingerprint density at radius 3 is 3.03 bits per heavy atom. The topological polar surface area (TPSA) is 53.4 Å². The van der Waals surface area contributed by atoms with E-state index in [9.17, 15) is 9.18 Å². The number of hydrogen-bond donors (Lipinski definition) is 0. The minimum atomic E-state index is -0.310. The summed E-state index contributed by atoms with van der Waals surface area (Å²) in [5.74, 6) is 0.849. The smallest absolute Gasteiger partial charge is 0.263 e. The van der Waals surface area contributed by atoms with Gasteiger partial charge in [-0.2, -0.15) is 0 Å². The number of aromatic nitrogens is 2. The van der Waals surface area contributed by atoms with Gasteiger partial charge in [-0.15, -0.1) is 11.3 Å². The van der Waals surface area contributed by atoms with Crippen molar-refractivity contribution in [3.8, 4) is 5.75 Å². The summed E-state index contributed by atoms with van der Waals surface area (Å²) in [4.78, 5) is 20.2.